The van der Waals surface area contributed by atoms with Crippen molar-refractivity contribution >= 4 is 44.5 Å². The highest BCUT2D eigenvalue weighted by atomic mass is 32.2. The molecule has 2 amide bonds. The van der Waals surface area contributed by atoms with Gasteiger partial charge < -0.3 is 0 Å². The normalized spacial score (nSPS) is 14.8. The van der Waals surface area contributed by atoms with E-state index in [0.717, 1.165) is 41.3 Å². The van der Waals surface area contributed by atoms with E-state index in [-0.39, 0.29) is 16.7 Å². The summed E-state index contributed by atoms with van der Waals surface area (Å²) in [5.41, 5.74) is 5.91. The minimum atomic E-state index is -3.71. The van der Waals surface area contributed by atoms with Crippen LogP contribution in [0.15, 0.2) is 27.8 Å². The summed E-state index contributed by atoms with van der Waals surface area (Å²) in [5.74, 6) is -0.986. The molecule has 2 aromatic heterocycles. The summed E-state index contributed by atoms with van der Waals surface area (Å²) >= 11 is 2.55. The summed E-state index contributed by atoms with van der Waals surface area (Å²) in [6.07, 6.45) is 6.68. The third-order valence-electron chi connectivity index (χ3n) is 4.56. The Kier molecular flexibility index (Phi) is 6.86. The van der Waals surface area contributed by atoms with Gasteiger partial charge in [0, 0.05) is 11.9 Å². The highest BCUT2D eigenvalue weighted by Crippen LogP contribution is 2.28. The zero-order valence-corrected chi connectivity index (χ0v) is 18.0. The van der Waals surface area contributed by atoms with Crippen LogP contribution in [0.25, 0.3) is 0 Å². The average Bonchev–Trinajstić information content (AvgIpc) is 3.30. The Morgan fingerprint density at radius 2 is 1.89 bits per heavy atom. The summed E-state index contributed by atoms with van der Waals surface area (Å²) in [6, 6.07) is 5.02. The highest BCUT2D eigenvalue weighted by Gasteiger charge is 2.24. The van der Waals surface area contributed by atoms with Crippen LogP contribution in [0.4, 0.5) is 0 Å². The summed E-state index contributed by atoms with van der Waals surface area (Å²) in [7, 11) is -2.38. The fourth-order valence-corrected chi connectivity index (χ4v) is 6.51. The van der Waals surface area contributed by atoms with Gasteiger partial charge in [-0.1, -0.05) is 18.9 Å². The zero-order valence-electron chi connectivity index (χ0n) is 15.6. The van der Waals surface area contributed by atoms with Gasteiger partial charge in [-0.3, -0.25) is 20.4 Å². The molecular formula is C18H23N3O4S3. The van der Waals surface area contributed by atoms with E-state index in [9.17, 15) is 18.0 Å². The minimum Gasteiger partial charge on any atom is -0.272 e. The van der Waals surface area contributed by atoms with Crippen LogP contribution in [-0.4, -0.2) is 38.1 Å². The molecule has 1 aliphatic carbocycles. The predicted octanol–water partition coefficient (Wildman–Crippen LogP) is 2.55. The molecule has 2 aromatic rings. The number of carbonyl (C=O) groups excluding carboxylic acids is 2. The molecule has 0 bridgehead atoms. The SMILES string of the molecule is CN(CC(=O)NNC(=O)c1cc2c(s1)CCCCCC2)S(=O)(=O)c1cccs1. The lowest BCUT2D eigenvalue weighted by Gasteiger charge is -2.15. The van der Waals surface area contributed by atoms with Crippen molar-refractivity contribution in [2.24, 2.45) is 0 Å². The van der Waals surface area contributed by atoms with E-state index in [1.807, 2.05) is 6.07 Å². The number of hydrazine groups is 1. The predicted molar refractivity (Wildman–Crippen MR) is 110 cm³/mol. The third-order valence-corrected chi connectivity index (χ3v) is 8.97. The van der Waals surface area contributed by atoms with Crippen molar-refractivity contribution in [3.05, 3.63) is 38.9 Å². The fourth-order valence-electron chi connectivity index (χ4n) is 3.03. The molecular weight excluding hydrogens is 418 g/mol. The van der Waals surface area contributed by atoms with E-state index in [4.69, 9.17) is 0 Å². The van der Waals surface area contributed by atoms with Gasteiger partial charge in [0.1, 0.15) is 4.21 Å². The van der Waals surface area contributed by atoms with Crippen LogP contribution in [-0.2, 0) is 27.7 Å². The van der Waals surface area contributed by atoms with Gasteiger partial charge in [-0.15, -0.1) is 22.7 Å². The van der Waals surface area contributed by atoms with Crippen molar-refractivity contribution in [3.63, 3.8) is 0 Å². The van der Waals surface area contributed by atoms with Crippen molar-refractivity contribution in [2.45, 2.75) is 42.7 Å². The van der Waals surface area contributed by atoms with Crippen molar-refractivity contribution < 1.29 is 18.0 Å². The molecule has 28 heavy (non-hydrogen) atoms. The Hall–Kier alpha value is -1.75. The molecule has 7 nitrogen and oxygen atoms in total. The Balaban J connectivity index is 1.54. The molecule has 152 valence electrons. The second kappa shape index (κ2) is 9.17. The van der Waals surface area contributed by atoms with E-state index >= 15 is 0 Å². The molecule has 10 heteroatoms. The van der Waals surface area contributed by atoms with E-state index < -0.39 is 15.9 Å². The minimum absolute atomic E-state index is 0.169. The molecule has 0 saturated heterocycles. The van der Waals surface area contributed by atoms with Crippen molar-refractivity contribution in [2.75, 3.05) is 13.6 Å². The maximum absolute atomic E-state index is 12.4. The number of rotatable bonds is 5. The van der Waals surface area contributed by atoms with Gasteiger partial charge in [-0.25, -0.2) is 8.42 Å². The molecule has 0 saturated carbocycles. The van der Waals surface area contributed by atoms with Crippen molar-refractivity contribution in [1.82, 2.24) is 15.2 Å². The molecule has 0 fully saturated rings. The van der Waals surface area contributed by atoms with Crippen LogP contribution in [0.5, 0.6) is 0 Å². The lowest BCUT2D eigenvalue weighted by molar-refractivity contribution is -0.121. The first-order chi connectivity index (χ1) is 13.4. The molecule has 0 aliphatic heterocycles. The van der Waals surface area contributed by atoms with Gasteiger partial charge in [-0.2, -0.15) is 4.31 Å². The summed E-state index contributed by atoms with van der Waals surface area (Å²) in [6.45, 7) is -0.387. The molecule has 0 unspecified atom stereocenters. The Morgan fingerprint density at radius 1 is 1.14 bits per heavy atom. The van der Waals surface area contributed by atoms with E-state index in [0.29, 0.717) is 4.88 Å². The Bertz CT molecular complexity index is 910. The van der Waals surface area contributed by atoms with Crippen LogP contribution in [0, 0.1) is 0 Å². The number of aryl methyl sites for hydroxylation is 2. The van der Waals surface area contributed by atoms with Gasteiger partial charge in [0.25, 0.3) is 21.8 Å². The van der Waals surface area contributed by atoms with Gasteiger partial charge in [0.2, 0.25) is 0 Å². The maximum atomic E-state index is 12.4. The monoisotopic (exact) mass is 441 g/mol. The first-order valence-electron chi connectivity index (χ1n) is 9.08. The number of nitrogens with zero attached hydrogens (tertiary/aromatic N) is 1. The largest absolute Gasteiger partial charge is 0.279 e. The maximum Gasteiger partial charge on any atom is 0.279 e. The number of thiophene rings is 2. The number of likely N-dealkylation sites (N-methyl/N-ethyl adjacent to an activating group) is 1. The standard InChI is InChI=1S/C18H23N3O4S3/c1-21(28(24,25)17-9-6-10-26-17)12-16(22)19-20-18(23)15-11-13-7-4-2-3-5-8-14(13)27-15/h6,9-11H,2-5,7-8,12H2,1H3,(H,19,22)(H,20,23). The number of amides is 2. The fraction of sp³-hybridized carbons (Fsp3) is 0.444. The van der Waals surface area contributed by atoms with Crippen LogP contribution >= 0.6 is 22.7 Å². The van der Waals surface area contributed by atoms with Crippen LogP contribution in [0.2, 0.25) is 0 Å². The van der Waals surface area contributed by atoms with E-state index in [2.05, 4.69) is 10.9 Å². The first kappa shape index (κ1) is 21.0. The van der Waals surface area contributed by atoms with E-state index in [1.165, 1.54) is 47.7 Å². The second-order valence-corrected chi connectivity index (χ2v) is 11.0. The molecule has 0 aromatic carbocycles. The van der Waals surface area contributed by atoms with Crippen molar-refractivity contribution in [3.8, 4) is 0 Å². The van der Waals surface area contributed by atoms with Gasteiger partial charge in [0.05, 0.1) is 11.4 Å². The zero-order chi connectivity index (χ0) is 20.1. The second-order valence-electron chi connectivity index (χ2n) is 6.67. The Labute approximate surface area is 172 Å². The molecule has 0 spiro atoms. The summed E-state index contributed by atoms with van der Waals surface area (Å²) < 4.78 is 25.8. The first-order valence-corrected chi connectivity index (χ1v) is 12.2. The van der Waals surface area contributed by atoms with Crippen LogP contribution < -0.4 is 10.9 Å². The lowest BCUT2D eigenvalue weighted by atomic mass is 10.00. The van der Waals surface area contributed by atoms with Gasteiger partial charge in [-0.05, 0) is 48.8 Å². The molecule has 2 N–H and O–H groups in total. The smallest absolute Gasteiger partial charge is 0.272 e. The molecule has 3 rings (SSSR count). The van der Waals surface area contributed by atoms with E-state index in [1.54, 1.807) is 11.4 Å². The van der Waals surface area contributed by atoms with Gasteiger partial charge in [0.15, 0.2) is 0 Å². The number of carbonyl (C=O) groups is 2. The van der Waals surface area contributed by atoms with Gasteiger partial charge >= 0.3 is 0 Å². The Morgan fingerprint density at radius 3 is 2.61 bits per heavy atom. The number of nitrogens with one attached hydrogen (secondary N) is 2. The average molecular weight is 442 g/mol. The molecule has 0 radical (unpaired) electrons. The molecule has 2 heterocycles. The number of hydrogen-bond donors (Lipinski definition) is 2. The molecule has 0 atom stereocenters. The number of fused-ring (bicyclic) bond motifs is 1. The third kappa shape index (κ3) is 4.99. The topological polar surface area (TPSA) is 95.6 Å². The summed E-state index contributed by atoms with van der Waals surface area (Å²) in [5, 5.41) is 1.66. The number of sulfonamides is 1. The quantitative estimate of drug-likeness (QED) is 0.697. The summed E-state index contributed by atoms with van der Waals surface area (Å²) in [4.78, 5) is 26.2. The lowest BCUT2D eigenvalue weighted by Crippen LogP contribution is -2.46. The van der Waals surface area contributed by atoms with Crippen LogP contribution in [0.1, 0.15) is 45.8 Å². The number of hydrogen-bond acceptors (Lipinski definition) is 6. The molecule has 1 aliphatic rings. The highest BCUT2D eigenvalue weighted by molar-refractivity contribution is 7.91. The van der Waals surface area contributed by atoms with Crippen LogP contribution in [0.3, 0.4) is 0 Å². The van der Waals surface area contributed by atoms with Crippen molar-refractivity contribution in [1.29, 1.82) is 0 Å².